The van der Waals surface area contributed by atoms with Crippen LogP contribution in [0.5, 0.6) is 0 Å². The number of anilines is 1. The zero-order valence-electron chi connectivity index (χ0n) is 20.6. The van der Waals surface area contributed by atoms with Crippen LogP contribution in [-0.4, -0.2) is 66.0 Å². The summed E-state index contributed by atoms with van der Waals surface area (Å²) in [7, 11) is 0. The van der Waals surface area contributed by atoms with Crippen LogP contribution in [0.15, 0.2) is 54.7 Å². The van der Waals surface area contributed by atoms with Gasteiger partial charge in [-0.1, -0.05) is 37.5 Å². The minimum absolute atomic E-state index is 0.182. The van der Waals surface area contributed by atoms with Crippen LogP contribution >= 0.6 is 0 Å². The summed E-state index contributed by atoms with van der Waals surface area (Å²) in [6.07, 6.45) is 9.93. The van der Waals surface area contributed by atoms with E-state index in [1.807, 2.05) is 30.5 Å². The SMILES string of the molecule is O=C(CN1CCN(CCCc2c[nH]c3ccc(F)cc23)CC1)N(c1ccccc1)C1CCCCC1. The van der Waals surface area contributed by atoms with Crippen LogP contribution in [-0.2, 0) is 11.2 Å². The lowest BCUT2D eigenvalue weighted by atomic mass is 9.93. The summed E-state index contributed by atoms with van der Waals surface area (Å²) in [6.45, 7) is 5.37. The standard InChI is InChI=1S/C29H37FN4O/c30-24-13-14-28-27(20-24)23(21-31-28)8-7-15-32-16-18-33(19-17-32)22-29(35)34(25-9-3-1-4-10-25)26-11-5-2-6-12-26/h1,3-4,9-10,13-14,20-21,26,31H,2,5-8,11-12,15-19,22H2. The second-order valence-corrected chi connectivity index (χ2v) is 10.1. The molecule has 1 N–H and O–H groups in total. The molecule has 6 heteroatoms. The van der Waals surface area contributed by atoms with Crippen molar-refractivity contribution in [1.29, 1.82) is 0 Å². The number of hydrogen-bond donors (Lipinski definition) is 1. The van der Waals surface area contributed by atoms with E-state index in [1.165, 1.54) is 30.9 Å². The Kier molecular flexibility index (Phi) is 7.79. The van der Waals surface area contributed by atoms with Crippen molar-refractivity contribution < 1.29 is 9.18 Å². The Hall–Kier alpha value is -2.70. The van der Waals surface area contributed by atoms with Gasteiger partial charge < -0.3 is 14.8 Å². The third kappa shape index (κ3) is 5.93. The molecule has 0 bridgehead atoms. The van der Waals surface area contributed by atoms with Crippen molar-refractivity contribution in [3.05, 3.63) is 66.1 Å². The summed E-state index contributed by atoms with van der Waals surface area (Å²) >= 11 is 0. The Morgan fingerprint density at radius 3 is 2.49 bits per heavy atom. The van der Waals surface area contributed by atoms with Gasteiger partial charge in [0, 0.05) is 55.0 Å². The monoisotopic (exact) mass is 476 g/mol. The highest BCUT2D eigenvalue weighted by atomic mass is 19.1. The predicted octanol–water partition coefficient (Wildman–Crippen LogP) is 5.22. The molecule has 2 fully saturated rings. The highest BCUT2D eigenvalue weighted by Crippen LogP contribution is 2.28. The molecule has 35 heavy (non-hydrogen) atoms. The molecule has 1 saturated carbocycles. The topological polar surface area (TPSA) is 42.6 Å². The van der Waals surface area contributed by atoms with Crippen LogP contribution in [0.25, 0.3) is 10.9 Å². The zero-order chi connectivity index (χ0) is 24.0. The third-order valence-corrected chi connectivity index (χ3v) is 7.72. The quantitative estimate of drug-likeness (QED) is 0.485. The lowest BCUT2D eigenvalue weighted by Gasteiger charge is -2.38. The van der Waals surface area contributed by atoms with E-state index < -0.39 is 0 Å². The Balaban J connectivity index is 1.10. The van der Waals surface area contributed by atoms with Gasteiger partial charge in [0.15, 0.2) is 0 Å². The second-order valence-electron chi connectivity index (χ2n) is 10.1. The molecule has 0 atom stereocenters. The molecule has 1 aliphatic carbocycles. The average Bonchev–Trinajstić information content (AvgIpc) is 3.28. The van der Waals surface area contributed by atoms with E-state index in [1.54, 1.807) is 6.07 Å². The highest BCUT2D eigenvalue weighted by molar-refractivity contribution is 5.95. The van der Waals surface area contributed by atoms with Gasteiger partial charge in [0.25, 0.3) is 0 Å². The molecule has 5 nitrogen and oxygen atoms in total. The van der Waals surface area contributed by atoms with Gasteiger partial charge in [-0.3, -0.25) is 9.69 Å². The van der Waals surface area contributed by atoms with Gasteiger partial charge in [0.2, 0.25) is 5.91 Å². The number of amides is 1. The van der Waals surface area contributed by atoms with Gasteiger partial charge in [0.1, 0.15) is 5.82 Å². The number of carbonyl (C=O) groups excluding carboxylic acids is 1. The maximum Gasteiger partial charge on any atom is 0.241 e. The number of nitrogens with zero attached hydrogens (tertiary/aromatic N) is 3. The molecule has 3 aromatic rings. The highest BCUT2D eigenvalue weighted by Gasteiger charge is 2.28. The average molecular weight is 477 g/mol. The molecule has 0 spiro atoms. The molecular formula is C29H37FN4O. The van der Waals surface area contributed by atoms with Crippen molar-refractivity contribution in [3.8, 4) is 0 Å². The van der Waals surface area contributed by atoms with Gasteiger partial charge >= 0.3 is 0 Å². The summed E-state index contributed by atoms with van der Waals surface area (Å²) < 4.78 is 13.6. The number of aromatic nitrogens is 1. The molecule has 5 rings (SSSR count). The Bertz CT molecular complexity index is 1100. The van der Waals surface area contributed by atoms with Crippen LogP contribution < -0.4 is 4.90 Å². The first-order valence-electron chi connectivity index (χ1n) is 13.2. The maximum atomic E-state index is 13.6. The first-order chi connectivity index (χ1) is 17.2. The molecule has 1 saturated heterocycles. The van der Waals surface area contributed by atoms with Crippen LogP contribution in [0.4, 0.5) is 10.1 Å². The second kappa shape index (κ2) is 11.4. The van der Waals surface area contributed by atoms with Crippen molar-refractivity contribution in [2.75, 3.05) is 44.2 Å². The summed E-state index contributed by atoms with van der Waals surface area (Å²) in [5.41, 5.74) is 3.23. The summed E-state index contributed by atoms with van der Waals surface area (Å²) in [5.74, 6) is 0.0569. The normalized spacial score (nSPS) is 18.2. The Morgan fingerprint density at radius 2 is 1.71 bits per heavy atom. The van der Waals surface area contributed by atoms with Gasteiger partial charge in [-0.25, -0.2) is 4.39 Å². The van der Waals surface area contributed by atoms with Crippen molar-refractivity contribution >= 4 is 22.5 Å². The number of nitrogens with one attached hydrogen (secondary N) is 1. The first kappa shape index (κ1) is 24.0. The molecule has 1 aliphatic heterocycles. The van der Waals surface area contributed by atoms with Crippen LogP contribution in [0.3, 0.4) is 0 Å². The molecule has 0 unspecified atom stereocenters. The van der Waals surface area contributed by atoms with E-state index in [0.717, 1.165) is 75.0 Å². The number of rotatable bonds is 8. The number of hydrogen-bond acceptors (Lipinski definition) is 3. The fourth-order valence-electron chi connectivity index (χ4n) is 5.78. The molecule has 1 aromatic heterocycles. The van der Waals surface area contributed by atoms with Crippen molar-refractivity contribution in [1.82, 2.24) is 14.8 Å². The van der Waals surface area contributed by atoms with Crippen LogP contribution in [0.1, 0.15) is 44.1 Å². The van der Waals surface area contributed by atoms with E-state index >= 15 is 0 Å². The van der Waals surface area contributed by atoms with Crippen molar-refractivity contribution in [3.63, 3.8) is 0 Å². The number of aryl methyl sites for hydroxylation is 1. The fourth-order valence-corrected chi connectivity index (χ4v) is 5.78. The molecular weight excluding hydrogens is 439 g/mol. The third-order valence-electron chi connectivity index (χ3n) is 7.72. The first-order valence-corrected chi connectivity index (χ1v) is 13.2. The number of carbonyl (C=O) groups is 1. The minimum atomic E-state index is -0.182. The van der Waals surface area contributed by atoms with Gasteiger partial charge in [0.05, 0.1) is 6.54 Å². The Labute approximate surface area is 207 Å². The number of halogens is 1. The van der Waals surface area contributed by atoms with E-state index in [0.29, 0.717) is 12.6 Å². The lowest BCUT2D eigenvalue weighted by Crippen LogP contribution is -2.52. The fraction of sp³-hybridized carbons (Fsp3) is 0.483. The number of piperazine rings is 1. The smallest absolute Gasteiger partial charge is 0.241 e. The van der Waals surface area contributed by atoms with Crippen molar-refractivity contribution in [2.45, 2.75) is 51.0 Å². The molecule has 0 radical (unpaired) electrons. The summed E-state index contributed by atoms with van der Waals surface area (Å²) in [5, 5.41) is 0.995. The Morgan fingerprint density at radius 1 is 0.971 bits per heavy atom. The summed E-state index contributed by atoms with van der Waals surface area (Å²) in [6, 6.07) is 15.5. The number of benzene rings is 2. The largest absolute Gasteiger partial charge is 0.361 e. The number of aromatic amines is 1. The molecule has 1 amide bonds. The number of fused-ring (bicyclic) bond motifs is 1. The molecule has 2 aliphatic rings. The lowest BCUT2D eigenvalue weighted by molar-refractivity contribution is -0.120. The van der Waals surface area contributed by atoms with Gasteiger partial charge in [-0.15, -0.1) is 0 Å². The van der Waals surface area contributed by atoms with E-state index in [-0.39, 0.29) is 11.7 Å². The zero-order valence-corrected chi connectivity index (χ0v) is 20.6. The van der Waals surface area contributed by atoms with Gasteiger partial charge in [-0.05, 0) is 68.1 Å². The molecule has 2 heterocycles. The summed E-state index contributed by atoms with van der Waals surface area (Å²) in [4.78, 5) is 23.6. The number of H-pyrrole nitrogens is 1. The van der Waals surface area contributed by atoms with E-state index in [2.05, 4.69) is 31.8 Å². The van der Waals surface area contributed by atoms with Crippen LogP contribution in [0, 0.1) is 5.82 Å². The van der Waals surface area contributed by atoms with E-state index in [9.17, 15) is 9.18 Å². The maximum absolute atomic E-state index is 13.6. The number of para-hydroxylation sites is 1. The predicted molar refractivity (Wildman–Crippen MR) is 140 cm³/mol. The van der Waals surface area contributed by atoms with Crippen LogP contribution in [0.2, 0.25) is 0 Å². The van der Waals surface area contributed by atoms with E-state index in [4.69, 9.17) is 0 Å². The van der Waals surface area contributed by atoms with Gasteiger partial charge in [-0.2, -0.15) is 0 Å². The molecule has 186 valence electrons. The van der Waals surface area contributed by atoms with Crippen molar-refractivity contribution in [2.24, 2.45) is 0 Å². The minimum Gasteiger partial charge on any atom is -0.361 e. The molecule has 2 aromatic carbocycles.